The van der Waals surface area contributed by atoms with E-state index >= 15 is 0 Å². The number of nitrogens with two attached hydrogens (primary N) is 1. The third-order valence-electron chi connectivity index (χ3n) is 8.72. The molecule has 0 saturated carbocycles. The Morgan fingerprint density at radius 1 is 0.887 bits per heavy atom. The number of hydrogen-bond acceptors (Lipinski definition) is 12. The fourth-order valence-electron chi connectivity index (χ4n) is 6.06. The van der Waals surface area contributed by atoms with Gasteiger partial charge in [-0.3, -0.25) is 4.79 Å². The van der Waals surface area contributed by atoms with Gasteiger partial charge < -0.3 is 20.3 Å². The summed E-state index contributed by atoms with van der Waals surface area (Å²) in [6, 6.07) is 27.9. The Labute approximate surface area is 315 Å². The molecule has 1 unspecified atom stereocenters. The number of carbonyl (C=O) groups is 2. The van der Waals surface area contributed by atoms with E-state index in [0.717, 1.165) is 27.4 Å². The molecule has 2 amide bonds. The first kappa shape index (κ1) is 37.7. The minimum Gasteiger partial charge on any atom is -0.481 e. The lowest BCUT2D eigenvalue weighted by Gasteiger charge is -2.29. The topological polar surface area (TPSA) is 165 Å². The number of aliphatic hydroxyl groups excluding tert-OH is 1. The summed E-state index contributed by atoms with van der Waals surface area (Å²) in [7, 11) is -1.58. The van der Waals surface area contributed by atoms with Crippen LogP contribution in [-0.2, 0) is 32.6 Å². The molecule has 0 fully saturated rings. The van der Waals surface area contributed by atoms with Gasteiger partial charge >= 0.3 is 6.09 Å². The lowest BCUT2D eigenvalue weighted by molar-refractivity contribution is -0.131. The molecule has 3 aromatic heterocycles. The van der Waals surface area contributed by atoms with Crippen molar-refractivity contribution >= 4 is 54.9 Å². The molecule has 0 radical (unpaired) electrons. The van der Waals surface area contributed by atoms with Crippen LogP contribution in [0.2, 0.25) is 0 Å². The maximum Gasteiger partial charge on any atom is 0.416 e. The number of nitrogens with zero attached hydrogens (tertiary/aromatic N) is 4. The van der Waals surface area contributed by atoms with Gasteiger partial charge in [-0.25, -0.2) is 28.1 Å². The maximum atomic E-state index is 14.4. The summed E-state index contributed by atoms with van der Waals surface area (Å²) in [5, 5.41) is 10.8. The zero-order valence-electron chi connectivity index (χ0n) is 28.8. The predicted molar refractivity (Wildman–Crippen MR) is 203 cm³/mol. The Morgan fingerprint density at radius 2 is 1.58 bits per heavy atom. The minimum absolute atomic E-state index is 0.0355. The van der Waals surface area contributed by atoms with Crippen molar-refractivity contribution in [2.75, 3.05) is 20.8 Å². The van der Waals surface area contributed by atoms with Crippen molar-refractivity contribution < 1.29 is 32.6 Å². The van der Waals surface area contributed by atoms with E-state index in [1.54, 1.807) is 41.9 Å². The summed E-state index contributed by atoms with van der Waals surface area (Å²) < 4.78 is 41.1. The van der Waals surface area contributed by atoms with E-state index in [1.165, 1.54) is 42.1 Å². The number of pyridine rings is 1. The second kappa shape index (κ2) is 16.8. The highest BCUT2D eigenvalue weighted by atomic mass is 32.2. The highest BCUT2D eigenvalue weighted by molar-refractivity contribution is 7.89. The number of hydrogen-bond donors (Lipinski definition) is 2. The van der Waals surface area contributed by atoms with Gasteiger partial charge in [-0.15, -0.1) is 22.7 Å². The number of fused-ring (bicyclic) bond motifs is 1. The van der Waals surface area contributed by atoms with Crippen LogP contribution in [0.4, 0.5) is 4.79 Å². The highest BCUT2D eigenvalue weighted by Gasteiger charge is 2.36. The second-order valence-corrected chi connectivity index (χ2v) is 15.9. The molecule has 0 aliphatic carbocycles. The lowest BCUT2D eigenvalue weighted by atomic mass is 9.85. The van der Waals surface area contributed by atoms with Gasteiger partial charge in [-0.1, -0.05) is 60.7 Å². The second-order valence-electron chi connectivity index (χ2n) is 12.0. The Kier molecular flexibility index (Phi) is 11.9. The number of benzene rings is 3. The van der Waals surface area contributed by atoms with E-state index in [0.29, 0.717) is 31.4 Å². The first-order valence-electron chi connectivity index (χ1n) is 16.4. The molecular weight excluding hydrogens is 735 g/mol. The molecule has 6 aromatic rings. The fraction of sp³-hybridized carbons (Fsp3) is 0.211. The van der Waals surface area contributed by atoms with Crippen molar-refractivity contribution in [3.63, 3.8) is 0 Å². The van der Waals surface area contributed by atoms with Crippen molar-refractivity contribution in [1.29, 1.82) is 0 Å². The number of rotatable bonds is 14. The van der Waals surface area contributed by atoms with Crippen molar-refractivity contribution in [3.8, 4) is 5.88 Å². The van der Waals surface area contributed by atoms with Crippen LogP contribution in [0.25, 0.3) is 10.2 Å². The normalized spacial score (nSPS) is 12.9. The molecule has 0 aliphatic heterocycles. The summed E-state index contributed by atoms with van der Waals surface area (Å²) >= 11 is 2.48. The number of thiazole rings is 1. The Morgan fingerprint density at radius 3 is 2.23 bits per heavy atom. The lowest BCUT2D eigenvalue weighted by Crippen LogP contribution is -2.49. The molecule has 0 bridgehead atoms. The molecule has 274 valence electrons. The molecule has 0 aliphatic rings. The third kappa shape index (κ3) is 8.30. The first-order valence-corrected chi connectivity index (χ1v) is 19.6. The van der Waals surface area contributed by atoms with Crippen LogP contribution < -0.4 is 10.5 Å². The molecule has 0 saturated heterocycles. The van der Waals surface area contributed by atoms with Crippen LogP contribution in [0.1, 0.15) is 38.4 Å². The predicted octanol–water partition coefficient (Wildman–Crippen LogP) is 5.94. The number of carbonyl (C=O) groups excluding carboxylic acids is 2. The third-order valence-corrected chi connectivity index (χ3v) is 12.5. The Bertz CT molecular complexity index is 2240. The van der Waals surface area contributed by atoms with Gasteiger partial charge in [0.25, 0.3) is 0 Å². The SMILES string of the molecule is COC(=O)N(Cc1ccc(C(CO)N(Cc2ccnc(OC)c2)S(=O)(=O)c2ccc3ncsc3c2)s1)C(=O)[C@@H](N)C(c1ccccc1)c1ccccc1. The molecule has 3 aromatic carbocycles. The van der Waals surface area contributed by atoms with Crippen LogP contribution >= 0.6 is 22.7 Å². The smallest absolute Gasteiger partial charge is 0.416 e. The number of ether oxygens (including phenoxy) is 2. The van der Waals surface area contributed by atoms with Gasteiger partial charge in [0.15, 0.2) is 0 Å². The molecule has 53 heavy (non-hydrogen) atoms. The summed E-state index contributed by atoms with van der Waals surface area (Å²) in [5.41, 5.74) is 11.2. The number of aromatic nitrogens is 2. The van der Waals surface area contributed by atoms with Crippen LogP contribution in [0.15, 0.2) is 120 Å². The summed E-state index contributed by atoms with van der Waals surface area (Å²) in [4.78, 5) is 37.7. The zero-order valence-corrected chi connectivity index (χ0v) is 31.3. The Hall–Kier alpha value is -5.03. The summed E-state index contributed by atoms with van der Waals surface area (Å²) in [5.74, 6) is -0.917. The molecule has 3 heterocycles. The van der Waals surface area contributed by atoms with Crippen LogP contribution in [-0.4, -0.2) is 71.6 Å². The molecule has 3 N–H and O–H groups in total. The van der Waals surface area contributed by atoms with Crippen LogP contribution in [0, 0.1) is 0 Å². The van der Waals surface area contributed by atoms with Gasteiger partial charge in [0.05, 0.1) is 60.1 Å². The van der Waals surface area contributed by atoms with Crippen molar-refractivity contribution in [2.45, 2.75) is 36.0 Å². The zero-order chi connectivity index (χ0) is 37.5. The van der Waals surface area contributed by atoms with Crippen molar-refractivity contribution in [2.24, 2.45) is 5.73 Å². The largest absolute Gasteiger partial charge is 0.481 e. The molecule has 6 rings (SSSR count). The van der Waals surface area contributed by atoms with Crippen LogP contribution in [0.3, 0.4) is 0 Å². The average molecular weight is 772 g/mol. The maximum absolute atomic E-state index is 14.4. The fourth-order valence-corrected chi connectivity index (χ4v) is 9.64. The van der Waals surface area contributed by atoms with E-state index in [1.807, 2.05) is 60.7 Å². The van der Waals surface area contributed by atoms with Crippen molar-refractivity contribution in [3.05, 3.63) is 141 Å². The summed E-state index contributed by atoms with van der Waals surface area (Å²) in [6.07, 6.45) is 0.622. The number of amides is 2. The van der Waals surface area contributed by atoms with Gasteiger partial charge in [0, 0.05) is 34.5 Å². The van der Waals surface area contributed by atoms with E-state index in [-0.39, 0.29) is 18.0 Å². The van der Waals surface area contributed by atoms with Crippen molar-refractivity contribution in [1.82, 2.24) is 19.2 Å². The summed E-state index contributed by atoms with van der Waals surface area (Å²) in [6.45, 7) is -0.887. The van der Waals surface area contributed by atoms with E-state index < -0.39 is 46.6 Å². The van der Waals surface area contributed by atoms with Gasteiger partial charge in [0.1, 0.15) is 0 Å². The molecule has 15 heteroatoms. The first-order chi connectivity index (χ1) is 25.6. The molecular formula is C38H37N5O7S3. The minimum atomic E-state index is -4.22. The standard InChI is InChI=1S/C38H37N5O7S3/c1-49-34-19-25(17-18-40-34)21-43(53(47,48)29-14-15-30-33(20-29)51-24-41-30)31(23-44)32-16-13-28(52-32)22-42(38(46)50-2)37(45)36(39)35(26-9-5-3-6-10-26)27-11-7-4-8-12-27/h3-20,24,31,35-36,44H,21-23,39H2,1-2H3/t31?,36-/m0/s1. The van der Waals surface area contributed by atoms with Gasteiger partial charge in [-0.05, 0) is 53.1 Å². The monoisotopic (exact) mass is 771 g/mol. The quantitative estimate of drug-likeness (QED) is 0.135. The van der Waals surface area contributed by atoms with Gasteiger partial charge in [-0.2, -0.15) is 4.31 Å². The number of methoxy groups -OCH3 is 2. The molecule has 2 atom stereocenters. The average Bonchev–Trinajstić information content (AvgIpc) is 3.87. The number of thiophene rings is 1. The molecule has 12 nitrogen and oxygen atoms in total. The molecule has 0 spiro atoms. The number of imide groups is 1. The Balaban J connectivity index is 1.33. The van der Waals surface area contributed by atoms with Gasteiger partial charge in [0.2, 0.25) is 21.8 Å². The van der Waals surface area contributed by atoms with Crippen LogP contribution in [0.5, 0.6) is 5.88 Å². The van der Waals surface area contributed by atoms with E-state index in [9.17, 15) is 23.1 Å². The van der Waals surface area contributed by atoms with E-state index in [4.69, 9.17) is 15.2 Å². The highest BCUT2D eigenvalue weighted by Crippen LogP contribution is 2.36. The number of sulfonamides is 1. The van der Waals surface area contributed by atoms with E-state index in [2.05, 4.69) is 9.97 Å². The number of aliphatic hydroxyl groups is 1.